The molecular weight excluding hydrogens is 498 g/mol. The fourth-order valence-corrected chi connectivity index (χ4v) is 5.15. The molecule has 1 amide bonds. The maximum atomic E-state index is 12.7. The number of hydrogen-bond donors (Lipinski definition) is 0. The van der Waals surface area contributed by atoms with Gasteiger partial charge in [-0.15, -0.1) is 0 Å². The van der Waals surface area contributed by atoms with Crippen molar-refractivity contribution in [1.82, 2.24) is 5.01 Å². The number of halogens is 1. The molecule has 7 heteroatoms. The zero-order valence-corrected chi connectivity index (χ0v) is 20.2. The van der Waals surface area contributed by atoms with E-state index in [-0.39, 0.29) is 11.9 Å². The summed E-state index contributed by atoms with van der Waals surface area (Å²) in [5.74, 6) is 0.557. The van der Waals surface area contributed by atoms with Crippen LogP contribution in [0.5, 0.6) is 5.75 Å². The van der Waals surface area contributed by atoms with Crippen molar-refractivity contribution >= 4 is 50.6 Å². The van der Waals surface area contributed by atoms with E-state index in [0.29, 0.717) is 10.1 Å². The molecule has 0 spiro atoms. The maximum Gasteiger partial charge on any atom is 0.286 e. The van der Waals surface area contributed by atoms with Crippen LogP contribution in [0.25, 0.3) is 6.08 Å². The summed E-state index contributed by atoms with van der Waals surface area (Å²) in [6.07, 6.45) is 2.59. The Kier molecular flexibility index (Phi) is 6.15. The minimum atomic E-state index is -0.244. The van der Waals surface area contributed by atoms with Gasteiger partial charge >= 0.3 is 0 Å². The highest BCUT2D eigenvalue weighted by Gasteiger charge is 2.36. The predicted molar refractivity (Wildman–Crippen MR) is 137 cm³/mol. The standard InChI is InChI=1S/C26H20BrN3O2S/c1-32-21-12-10-19(11-13-21)23-16-22(18-7-3-2-4-8-18)29-30(23)26-28-25(31)24(33-26)15-17-6-5-9-20(27)14-17/h2-15,23H,16H2,1H3/b24-15-. The number of hydrogen-bond acceptors (Lipinski definition) is 5. The lowest BCUT2D eigenvalue weighted by atomic mass is 9.98. The van der Waals surface area contributed by atoms with Crippen LogP contribution in [0.4, 0.5) is 0 Å². The van der Waals surface area contributed by atoms with Crippen LogP contribution in [-0.2, 0) is 4.79 Å². The highest BCUT2D eigenvalue weighted by atomic mass is 79.9. The van der Waals surface area contributed by atoms with Gasteiger partial charge in [0.15, 0.2) is 5.17 Å². The van der Waals surface area contributed by atoms with Crippen LogP contribution in [0.3, 0.4) is 0 Å². The van der Waals surface area contributed by atoms with Gasteiger partial charge in [0.25, 0.3) is 5.91 Å². The third-order valence-electron chi connectivity index (χ3n) is 5.47. The second-order valence-electron chi connectivity index (χ2n) is 7.62. The molecule has 1 unspecified atom stereocenters. The molecule has 0 radical (unpaired) electrons. The third-order valence-corrected chi connectivity index (χ3v) is 6.94. The first-order valence-electron chi connectivity index (χ1n) is 10.4. The van der Waals surface area contributed by atoms with E-state index >= 15 is 0 Å². The lowest BCUT2D eigenvalue weighted by molar-refractivity contribution is -0.113. The first kappa shape index (κ1) is 21.7. The molecule has 0 fully saturated rings. The number of nitrogens with zero attached hydrogens (tertiary/aromatic N) is 3. The van der Waals surface area contributed by atoms with E-state index in [1.165, 1.54) is 11.8 Å². The number of benzene rings is 3. The highest BCUT2D eigenvalue weighted by Crippen LogP contribution is 2.40. The normalized spacial score (nSPS) is 19.1. The lowest BCUT2D eigenvalue weighted by Crippen LogP contribution is -2.23. The van der Waals surface area contributed by atoms with Crippen molar-refractivity contribution in [3.05, 3.63) is 105 Å². The first-order valence-corrected chi connectivity index (χ1v) is 12.1. The van der Waals surface area contributed by atoms with Gasteiger partial charge in [0.1, 0.15) is 5.75 Å². The quantitative estimate of drug-likeness (QED) is 0.382. The Morgan fingerprint density at radius 1 is 1.06 bits per heavy atom. The van der Waals surface area contributed by atoms with Crippen LogP contribution in [0.1, 0.15) is 29.2 Å². The lowest BCUT2D eigenvalue weighted by Gasteiger charge is -2.22. The van der Waals surface area contributed by atoms with Crippen molar-refractivity contribution in [2.75, 3.05) is 7.11 Å². The Hall–Kier alpha value is -3.16. The number of thioether (sulfide) groups is 1. The third kappa shape index (κ3) is 4.65. The average molecular weight is 518 g/mol. The fourth-order valence-electron chi connectivity index (χ4n) is 3.82. The molecule has 0 aromatic heterocycles. The topological polar surface area (TPSA) is 54.3 Å². The summed E-state index contributed by atoms with van der Waals surface area (Å²) in [5, 5.41) is 7.39. The van der Waals surface area contributed by atoms with E-state index in [1.807, 2.05) is 77.8 Å². The number of carbonyl (C=O) groups excluding carboxylic acids is 1. The van der Waals surface area contributed by atoms with Crippen LogP contribution >= 0.6 is 27.7 Å². The van der Waals surface area contributed by atoms with Gasteiger partial charge in [-0.2, -0.15) is 10.1 Å². The van der Waals surface area contributed by atoms with E-state index in [1.54, 1.807) is 7.11 Å². The zero-order chi connectivity index (χ0) is 22.8. The van der Waals surface area contributed by atoms with Gasteiger partial charge < -0.3 is 4.74 Å². The van der Waals surface area contributed by atoms with Crippen molar-refractivity contribution < 1.29 is 9.53 Å². The van der Waals surface area contributed by atoms with E-state index in [0.717, 1.165) is 39.0 Å². The number of amidine groups is 1. The van der Waals surface area contributed by atoms with Crippen molar-refractivity contribution in [3.63, 3.8) is 0 Å². The molecule has 0 aliphatic carbocycles. The highest BCUT2D eigenvalue weighted by molar-refractivity contribution is 9.10. The van der Waals surface area contributed by atoms with Crippen LogP contribution in [0, 0.1) is 0 Å². The predicted octanol–water partition coefficient (Wildman–Crippen LogP) is 6.28. The smallest absolute Gasteiger partial charge is 0.286 e. The molecule has 3 aromatic rings. The van der Waals surface area contributed by atoms with Gasteiger partial charge in [-0.05, 0) is 58.8 Å². The van der Waals surface area contributed by atoms with E-state index in [2.05, 4.69) is 33.1 Å². The molecule has 2 aliphatic rings. The number of amides is 1. The number of rotatable bonds is 4. The monoisotopic (exact) mass is 517 g/mol. The number of hydrazone groups is 1. The molecule has 0 saturated carbocycles. The Morgan fingerprint density at radius 3 is 2.58 bits per heavy atom. The van der Waals surface area contributed by atoms with Gasteiger partial charge in [-0.1, -0.05) is 70.5 Å². The van der Waals surface area contributed by atoms with E-state index < -0.39 is 0 Å². The summed E-state index contributed by atoms with van der Waals surface area (Å²) in [6, 6.07) is 25.9. The van der Waals surface area contributed by atoms with Gasteiger partial charge in [0, 0.05) is 10.9 Å². The van der Waals surface area contributed by atoms with Crippen molar-refractivity contribution in [3.8, 4) is 5.75 Å². The molecular formula is C26H20BrN3O2S. The van der Waals surface area contributed by atoms with Gasteiger partial charge in [-0.25, -0.2) is 5.01 Å². The number of ether oxygens (including phenoxy) is 1. The zero-order valence-electron chi connectivity index (χ0n) is 17.8. The second kappa shape index (κ2) is 9.37. The summed E-state index contributed by atoms with van der Waals surface area (Å²) in [6.45, 7) is 0. The molecule has 5 rings (SSSR count). The summed E-state index contributed by atoms with van der Waals surface area (Å²) in [4.78, 5) is 17.7. The first-order chi connectivity index (χ1) is 16.1. The second-order valence-corrected chi connectivity index (χ2v) is 9.54. The van der Waals surface area contributed by atoms with Crippen molar-refractivity contribution in [2.45, 2.75) is 12.5 Å². The van der Waals surface area contributed by atoms with E-state index in [4.69, 9.17) is 9.84 Å². The SMILES string of the molecule is COc1ccc(C2CC(c3ccccc3)=NN2C2=NC(=O)/C(=C/c3cccc(Br)c3)S2)cc1. The number of carbonyl (C=O) groups is 1. The van der Waals surface area contributed by atoms with Crippen LogP contribution in [0.15, 0.2) is 98.3 Å². The molecule has 0 N–H and O–H groups in total. The average Bonchev–Trinajstić information content (AvgIpc) is 3.44. The number of aliphatic imine (C=N–C) groups is 1. The van der Waals surface area contributed by atoms with Gasteiger partial charge in [0.05, 0.1) is 23.8 Å². The summed E-state index contributed by atoms with van der Waals surface area (Å²) in [5.41, 5.74) is 4.07. The summed E-state index contributed by atoms with van der Waals surface area (Å²) >= 11 is 4.84. The van der Waals surface area contributed by atoms with Gasteiger partial charge in [0.2, 0.25) is 0 Å². The Labute approximate surface area is 205 Å². The molecule has 0 bridgehead atoms. The molecule has 2 aliphatic heterocycles. The van der Waals surface area contributed by atoms with Gasteiger partial charge in [-0.3, -0.25) is 4.79 Å². The maximum absolute atomic E-state index is 12.7. The van der Waals surface area contributed by atoms with Crippen LogP contribution < -0.4 is 4.74 Å². The molecule has 164 valence electrons. The minimum absolute atomic E-state index is 0.0598. The largest absolute Gasteiger partial charge is 0.497 e. The Balaban J connectivity index is 1.47. The molecule has 1 atom stereocenters. The summed E-state index contributed by atoms with van der Waals surface area (Å²) in [7, 11) is 1.65. The Morgan fingerprint density at radius 2 is 1.85 bits per heavy atom. The molecule has 5 nitrogen and oxygen atoms in total. The van der Waals surface area contributed by atoms with Crippen molar-refractivity contribution in [1.29, 1.82) is 0 Å². The van der Waals surface area contributed by atoms with Crippen LogP contribution in [0.2, 0.25) is 0 Å². The molecule has 2 heterocycles. The molecule has 33 heavy (non-hydrogen) atoms. The van der Waals surface area contributed by atoms with E-state index in [9.17, 15) is 4.79 Å². The molecule has 0 saturated heterocycles. The Bertz CT molecular complexity index is 1290. The van der Waals surface area contributed by atoms with Crippen molar-refractivity contribution in [2.24, 2.45) is 10.1 Å². The fraction of sp³-hybridized carbons (Fsp3) is 0.115. The molecule has 3 aromatic carbocycles. The minimum Gasteiger partial charge on any atom is -0.497 e. The summed E-state index contributed by atoms with van der Waals surface area (Å²) < 4.78 is 6.28. The van der Waals surface area contributed by atoms with Crippen LogP contribution in [-0.4, -0.2) is 28.9 Å². The number of methoxy groups -OCH3 is 1.